The van der Waals surface area contributed by atoms with Crippen molar-refractivity contribution in [2.45, 2.75) is 19.1 Å². The number of allylic oxidation sites excluding steroid dienone is 3. The van der Waals surface area contributed by atoms with E-state index >= 15 is 0 Å². The minimum absolute atomic E-state index is 0.137. The highest BCUT2D eigenvalue weighted by Gasteiger charge is 2.34. The van der Waals surface area contributed by atoms with Crippen LogP contribution in [0.3, 0.4) is 0 Å². The number of alkyl halides is 3. The summed E-state index contributed by atoms with van der Waals surface area (Å²) in [5.74, 6) is -0.427. The Balaban J connectivity index is 1.76. The fraction of sp³-hybridized carbons (Fsp3) is 0.381. The van der Waals surface area contributed by atoms with Gasteiger partial charge in [-0.3, -0.25) is 9.69 Å². The number of anilines is 1. The Bertz CT molecular complexity index is 819. The molecule has 0 radical (unpaired) electrons. The highest BCUT2D eigenvalue weighted by molar-refractivity contribution is 6.06. The van der Waals surface area contributed by atoms with Crippen molar-refractivity contribution in [3.05, 3.63) is 65.3 Å². The summed E-state index contributed by atoms with van der Waals surface area (Å²) in [4.78, 5) is 16.5. The van der Waals surface area contributed by atoms with Crippen molar-refractivity contribution in [2.24, 2.45) is 0 Å². The van der Waals surface area contributed by atoms with Crippen molar-refractivity contribution in [2.75, 3.05) is 38.5 Å². The molecule has 0 aromatic heterocycles. The van der Waals surface area contributed by atoms with Gasteiger partial charge in [0.2, 0.25) is 0 Å². The van der Waals surface area contributed by atoms with Gasteiger partial charge in [0.05, 0.1) is 5.56 Å². The SMILES string of the molecule is C=C1C=CC(C(=O)Nc2ccc(CN3CCN(C)CC3)c(C(F)(F)F)c2)=CC1. The zero-order chi connectivity index (χ0) is 20.3. The molecule has 0 spiro atoms. The van der Waals surface area contributed by atoms with Gasteiger partial charge < -0.3 is 10.2 Å². The van der Waals surface area contributed by atoms with E-state index in [9.17, 15) is 18.0 Å². The van der Waals surface area contributed by atoms with Crippen LogP contribution in [0.2, 0.25) is 0 Å². The van der Waals surface area contributed by atoms with E-state index in [1.165, 1.54) is 12.1 Å². The Hall–Kier alpha value is -2.38. The third kappa shape index (κ3) is 5.11. The maximum Gasteiger partial charge on any atom is 0.416 e. The predicted molar refractivity (Wildman–Crippen MR) is 104 cm³/mol. The number of hydrogen-bond acceptors (Lipinski definition) is 3. The first-order valence-corrected chi connectivity index (χ1v) is 9.21. The van der Waals surface area contributed by atoms with Gasteiger partial charge in [0.1, 0.15) is 0 Å². The van der Waals surface area contributed by atoms with Crippen LogP contribution in [0.1, 0.15) is 17.5 Å². The van der Waals surface area contributed by atoms with Gasteiger partial charge in [-0.15, -0.1) is 0 Å². The minimum Gasteiger partial charge on any atom is -0.322 e. The number of benzene rings is 1. The van der Waals surface area contributed by atoms with Gasteiger partial charge in [0.25, 0.3) is 5.91 Å². The average molecular weight is 391 g/mol. The van der Waals surface area contributed by atoms with Crippen LogP contribution in [-0.4, -0.2) is 48.9 Å². The number of hydrogen-bond donors (Lipinski definition) is 1. The first-order valence-electron chi connectivity index (χ1n) is 9.21. The maximum atomic E-state index is 13.6. The Morgan fingerprint density at radius 1 is 1.18 bits per heavy atom. The topological polar surface area (TPSA) is 35.6 Å². The molecule has 7 heteroatoms. The number of likely N-dealkylation sites (N-methyl/N-ethyl adjacent to an activating group) is 1. The summed E-state index contributed by atoms with van der Waals surface area (Å²) in [6, 6.07) is 4.02. The molecular formula is C21H24F3N3O. The Kier molecular flexibility index (Phi) is 6.05. The van der Waals surface area contributed by atoms with Crippen LogP contribution >= 0.6 is 0 Å². The van der Waals surface area contributed by atoms with E-state index in [4.69, 9.17) is 0 Å². The molecule has 1 aromatic carbocycles. The fourth-order valence-electron chi connectivity index (χ4n) is 3.26. The van der Waals surface area contributed by atoms with E-state index in [1.807, 2.05) is 11.9 Å². The molecule has 1 N–H and O–H groups in total. The lowest BCUT2D eigenvalue weighted by molar-refractivity contribution is -0.138. The molecule has 0 saturated carbocycles. The summed E-state index contributed by atoms with van der Waals surface area (Å²) in [6.07, 6.45) is 1.13. The van der Waals surface area contributed by atoms with Gasteiger partial charge >= 0.3 is 6.18 Å². The lowest BCUT2D eigenvalue weighted by atomic mass is 10.0. The van der Waals surface area contributed by atoms with E-state index < -0.39 is 17.6 Å². The summed E-state index contributed by atoms with van der Waals surface area (Å²) < 4.78 is 40.8. The van der Waals surface area contributed by atoms with Crippen LogP contribution in [-0.2, 0) is 17.5 Å². The lowest BCUT2D eigenvalue weighted by Crippen LogP contribution is -2.44. The number of amides is 1. The molecule has 1 saturated heterocycles. The molecule has 28 heavy (non-hydrogen) atoms. The minimum atomic E-state index is -4.48. The Morgan fingerprint density at radius 2 is 1.89 bits per heavy atom. The molecule has 150 valence electrons. The van der Waals surface area contributed by atoms with Gasteiger partial charge in [-0.25, -0.2) is 0 Å². The van der Waals surface area contributed by atoms with E-state index in [1.54, 1.807) is 18.2 Å². The van der Waals surface area contributed by atoms with Gasteiger partial charge in [-0.05, 0) is 37.2 Å². The van der Waals surface area contributed by atoms with Crippen molar-refractivity contribution in [1.29, 1.82) is 0 Å². The van der Waals surface area contributed by atoms with Crippen LogP contribution in [0.5, 0.6) is 0 Å². The molecule has 0 unspecified atom stereocenters. The van der Waals surface area contributed by atoms with Crippen molar-refractivity contribution in [1.82, 2.24) is 9.80 Å². The van der Waals surface area contributed by atoms with Crippen molar-refractivity contribution >= 4 is 11.6 Å². The number of rotatable bonds is 4. The quantitative estimate of drug-likeness (QED) is 0.847. The highest BCUT2D eigenvalue weighted by Crippen LogP contribution is 2.34. The molecule has 0 bridgehead atoms. The summed E-state index contributed by atoms with van der Waals surface area (Å²) in [5.41, 5.74) is 0.957. The smallest absolute Gasteiger partial charge is 0.322 e. The molecule has 1 aliphatic carbocycles. The first kappa shape index (κ1) is 20.4. The van der Waals surface area contributed by atoms with E-state index in [-0.39, 0.29) is 17.8 Å². The average Bonchev–Trinajstić information content (AvgIpc) is 2.64. The standard InChI is InChI=1S/C21H24F3N3O/c1-15-3-5-16(6-4-15)20(28)25-18-8-7-17(19(13-18)21(22,23)24)14-27-11-9-26(2)10-12-27/h3,5-8,13H,1,4,9-12,14H2,2H3,(H,25,28). The van der Waals surface area contributed by atoms with Crippen LogP contribution in [0, 0.1) is 0 Å². The van der Waals surface area contributed by atoms with Crippen molar-refractivity contribution in [3.8, 4) is 0 Å². The number of carbonyl (C=O) groups excluding carboxylic acids is 1. The molecule has 1 amide bonds. The second-order valence-corrected chi connectivity index (χ2v) is 7.26. The largest absolute Gasteiger partial charge is 0.416 e. The van der Waals surface area contributed by atoms with Crippen LogP contribution < -0.4 is 5.32 Å². The summed E-state index contributed by atoms with van der Waals surface area (Å²) >= 11 is 0. The molecule has 1 heterocycles. The van der Waals surface area contributed by atoms with E-state index in [0.717, 1.165) is 37.8 Å². The van der Waals surface area contributed by atoms with Gasteiger partial charge in [-0.2, -0.15) is 13.2 Å². The number of piperazine rings is 1. The summed E-state index contributed by atoms with van der Waals surface area (Å²) in [6.45, 7) is 7.18. The van der Waals surface area contributed by atoms with E-state index in [2.05, 4.69) is 16.8 Å². The number of carbonyl (C=O) groups is 1. The third-order valence-corrected chi connectivity index (χ3v) is 5.01. The maximum absolute atomic E-state index is 13.6. The molecule has 0 atom stereocenters. The van der Waals surface area contributed by atoms with Gasteiger partial charge in [0, 0.05) is 44.0 Å². The zero-order valence-corrected chi connectivity index (χ0v) is 15.9. The first-order chi connectivity index (χ1) is 13.2. The van der Waals surface area contributed by atoms with Gasteiger partial charge in [-0.1, -0.05) is 30.4 Å². The second kappa shape index (κ2) is 8.32. The summed E-state index contributed by atoms with van der Waals surface area (Å²) in [5, 5.41) is 2.57. The molecule has 1 fully saturated rings. The normalized spacial score (nSPS) is 18.9. The number of nitrogens with zero attached hydrogens (tertiary/aromatic N) is 2. The van der Waals surface area contributed by atoms with Crippen LogP contribution in [0.15, 0.2) is 54.2 Å². The molecule has 2 aliphatic rings. The Morgan fingerprint density at radius 3 is 2.50 bits per heavy atom. The van der Waals surface area contributed by atoms with Gasteiger partial charge in [0.15, 0.2) is 0 Å². The zero-order valence-electron chi connectivity index (χ0n) is 15.9. The lowest BCUT2D eigenvalue weighted by Gasteiger charge is -2.33. The molecule has 1 aromatic rings. The van der Waals surface area contributed by atoms with Crippen molar-refractivity contribution < 1.29 is 18.0 Å². The molecule has 4 nitrogen and oxygen atoms in total. The van der Waals surface area contributed by atoms with Crippen LogP contribution in [0.4, 0.5) is 18.9 Å². The van der Waals surface area contributed by atoms with Crippen LogP contribution in [0.25, 0.3) is 0 Å². The molecule has 3 rings (SSSR count). The third-order valence-electron chi connectivity index (χ3n) is 5.01. The van der Waals surface area contributed by atoms with Crippen molar-refractivity contribution in [3.63, 3.8) is 0 Å². The second-order valence-electron chi connectivity index (χ2n) is 7.26. The highest BCUT2D eigenvalue weighted by atomic mass is 19.4. The van der Waals surface area contributed by atoms with E-state index in [0.29, 0.717) is 12.0 Å². The monoisotopic (exact) mass is 391 g/mol. The summed E-state index contributed by atoms with van der Waals surface area (Å²) in [7, 11) is 2.00. The predicted octanol–water partition coefficient (Wildman–Crippen LogP) is 3.83. The molecular weight excluding hydrogens is 367 g/mol. The number of nitrogens with one attached hydrogen (secondary N) is 1. The molecule has 1 aliphatic heterocycles. The number of halogens is 3. The fourth-order valence-corrected chi connectivity index (χ4v) is 3.26. The Labute approximate surface area is 163 Å².